The quantitative estimate of drug-likeness (QED) is 0.589. The molecule has 5 heteroatoms. The van der Waals surface area contributed by atoms with E-state index < -0.39 is 4.92 Å². The van der Waals surface area contributed by atoms with E-state index in [2.05, 4.69) is 13.8 Å². The monoisotopic (exact) mass is 292 g/mol. The summed E-state index contributed by atoms with van der Waals surface area (Å²) in [5, 5.41) is 10.9. The molecule has 21 heavy (non-hydrogen) atoms. The van der Waals surface area contributed by atoms with Gasteiger partial charge in [0.15, 0.2) is 0 Å². The molecule has 0 saturated heterocycles. The average molecular weight is 292 g/mol. The Kier molecular flexibility index (Phi) is 5.88. The lowest BCUT2D eigenvalue weighted by atomic mass is 10.0. The molecule has 0 heterocycles. The summed E-state index contributed by atoms with van der Waals surface area (Å²) >= 11 is 0. The standard InChI is InChI=1S/C16H24N2O3/c1-6-12(4)17(13(5)7-2)16(19)14-8-9-15(18(20)21)11(3)10-14/h8-10,12-13H,6-7H2,1-5H3. The molecule has 0 aliphatic rings. The highest BCUT2D eigenvalue weighted by Gasteiger charge is 2.25. The number of benzene rings is 1. The summed E-state index contributed by atoms with van der Waals surface area (Å²) in [7, 11) is 0. The fourth-order valence-corrected chi connectivity index (χ4v) is 2.37. The summed E-state index contributed by atoms with van der Waals surface area (Å²) < 4.78 is 0. The summed E-state index contributed by atoms with van der Waals surface area (Å²) in [4.78, 5) is 25.0. The molecule has 116 valence electrons. The number of hydrogen-bond donors (Lipinski definition) is 0. The minimum Gasteiger partial charge on any atom is -0.333 e. The number of nitro groups is 1. The van der Waals surface area contributed by atoms with E-state index in [4.69, 9.17) is 0 Å². The molecule has 1 aromatic rings. The second-order valence-corrected chi connectivity index (χ2v) is 5.49. The highest BCUT2D eigenvalue weighted by Crippen LogP contribution is 2.22. The third-order valence-corrected chi connectivity index (χ3v) is 4.01. The van der Waals surface area contributed by atoms with Crippen LogP contribution in [0.4, 0.5) is 5.69 Å². The SMILES string of the molecule is CCC(C)N(C(=O)c1ccc([N+](=O)[O-])c(C)c1)C(C)CC. The van der Waals surface area contributed by atoms with Gasteiger partial charge < -0.3 is 4.90 Å². The van der Waals surface area contributed by atoms with Crippen molar-refractivity contribution in [2.45, 2.75) is 59.5 Å². The zero-order valence-electron chi connectivity index (χ0n) is 13.4. The minimum atomic E-state index is -0.426. The van der Waals surface area contributed by atoms with Gasteiger partial charge >= 0.3 is 0 Å². The van der Waals surface area contributed by atoms with Crippen molar-refractivity contribution in [3.05, 3.63) is 39.4 Å². The second kappa shape index (κ2) is 7.20. The molecule has 0 saturated carbocycles. The number of nitrogens with zero attached hydrogens (tertiary/aromatic N) is 2. The molecule has 0 aliphatic heterocycles. The van der Waals surface area contributed by atoms with Crippen LogP contribution < -0.4 is 0 Å². The van der Waals surface area contributed by atoms with E-state index in [1.165, 1.54) is 6.07 Å². The van der Waals surface area contributed by atoms with Crippen LogP contribution in [0.15, 0.2) is 18.2 Å². The van der Waals surface area contributed by atoms with Gasteiger partial charge in [-0.1, -0.05) is 13.8 Å². The fraction of sp³-hybridized carbons (Fsp3) is 0.562. The zero-order valence-corrected chi connectivity index (χ0v) is 13.4. The molecule has 0 aromatic heterocycles. The first kappa shape index (κ1) is 17.1. The van der Waals surface area contributed by atoms with E-state index in [0.29, 0.717) is 11.1 Å². The van der Waals surface area contributed by atoms with Crippen molar-refractivity contribution < 1.29 is 9.72 Å². The molecule has 0 bridgehead atoms. The van der Waals surface area contributed by atoms with Crippen LogP contribution in [-0.4, -0.2) is 27.8 Å². The van der Waals surface area contributed by atoms with E-state index >= 15 is 0 Å². The van der Waals surface area contributed by atoms with Gasteiger partial charge in [0.05, 0.1) is 4.92 Å². The highest BCUT2D eigenvalue weighted by atomic mass is 16.6. The molecule has 1 amide bonds. The summed E-state index contributed by atoms with van der Waals surface area (Å²) in [5.41, 5.74) is 1.07. The molecule has 1 rings (SSSR count). The molecular formula is C16H24N2O3. The van der Waals surface area contributed by atoms with Crippen molar-refractivity contribution in [2.75, 3.05) is 0 Å². The number of nitro benzene ring substituents is 1. The largest absolute Gasteiger partial charge is 0.333 e. The molecule has 2 unspecified atom stereocenters. The van der Waals surface area contributed by atoms with Gasteiger partial charge in [-0.3, -0.25) is 14.9 Å². The highest BCUT2D eigenvalue weighted by molar-refractivity contribution is 5.95. The molecule has 0 N–H and O–H groups in total. The molecule has 0 radical (unpaired) electrons. The van der Waals surface area contributed by atoms with Crippen LogP contribution in [0, 0.1) is 17.0 Å². The van der Waals surface area contributed by atoms with Gasteiger partial charge in [-0.15, -0.1) is 0 Å². The molecule has 5 nitrogen and oxygen atoms in total. The number of carbonyl (C=O) groups is 1. The minimum absolute atomic E-state index is 0.0465. The number of carbonyl (C=O) groups excluding carboxylic acids is 1. The maximum Gasteiger partial charge on any atom is 0.272 e. The number of rotatable bonds is 6. The third-order valence-electron chi connectivity index (χ3n) is 4.01. The van der Waals surface area contributed by atoms with Gasteiger partial charge in [0.25, 0.3) is 11.6 Å². The van der Waals surface area contributed by atoms with Crippen LogP contribution in [0.1, 0.15) is 56.5 Å². The van der Waals surface area contributed by atoms with Crippen molar-refractivity contribution in [2.24, 2.45) is 0 Å². The Morgan fingerprint density at radius 3 is 2.14 bits per heavy atom. The Morgan fingerprint density at radius 2 is 1.76 bits per heavy atom. The molecule has 0 aliphatic carbocycles. The first-order valence-electron chi connectivity index (χ1n) is 7.41. The van der Waals surface area contributed by atoms with E-state index in [-0.39, 0.29) is 23.7 Å². The predicted octanol–water partition coefficient (Wildman–Crippen LogP) is 3.94. The zero-order chi connectivity index (χ0) is 16.2. The van der Waals surface area contributed by atoms with Crippen LogP contribution >= 0.6 is 0 Å². The normalized spacial score (nSPS) is 13.6. The van der Waals surface area contributed by atoms with Gasteiger partial charge in [-0.2, -0.15) is 0 Å². The Morgan fingerprint density at radius 1 is 1.24 bits per heavy atom. The Bertz CT molecular complexity index is 518. The first-order valence-corrected chi connectivity index (χ1v) is 7.41. The van der Waals surface area contributed by atoms with Gasteiger partial charge in [0, 0.05) is 29.3 Å². The molecule has 2 atom stereocenters. The maximum absolute atomic E-state index is 12.7. The van der Waals surface area contributed by atoms with Crippen LogP contribution in [0.3, 0.4) is 0 Å². The number of aryl methyl sites for hydroxylation is 1. The van der Waals surface area contributed by atoms with E-state index in [9.17, 15) is 14.9 Å². The summed E-state index contributed by atoms with van der Waals surface area (Å²) in [5.74, 6) is -0.0586. The number of amides is 1. The third kappa shape index (κ3) is 3.80. The van der Waals surface area contributed by atoms with Gasteiger partial charge in [0.2, 0.25) is 0 Å². The smallest absolute Gasteiger partial charge is 0.272 e. The van der Waals surface area contributed by atoms with E-state index in [1.807, 2.05) is 18.7 Å². The van der Waals surface area contributed by atoms with Crippen molar-refractivity contribution in [3.63, 3.8) is 0 Å². The van der Waals surface area contributed by atoms with Crippen LogP contribution in [-0.2, 0) is 0 Å². The molecule has 0 spiro atoms. The van der Waals surface area contributed by atoms with Gasteiger partial charge in [0.1, 0.15) is 0 Å². The van der Waals surface area contributed by atoms with E-state index in [0.717, 1.165) is 12.8 Å². The van der Waals surface area contributed by atoms with Crippen LogP contribution in [0.5, 0.6) is 0 Å². The Balaban J connectivity index is 3.15. The van der Waals surface area contributed by atoms with Crippen molar-refractivity contribution in [3.8, 4) is 0 Å². The van der Waals surface area contributed by atoms with E-state index in [1.54, 1.807) is 19.1 Å². The second-order valence-electron chi connectivity index (χ2n) is 5.49. The summed E-state index contributed by atoms with van der Waals surface area (Å²) in [6.07, 6.45) is 1.75. The molecule has 1 aromatic carbocycles. The Hall–Kier alpha value is -1.91. The fourth-order valence-electron chi connectivity index (χ4n) is 2.37. The van der Waals surface area contributed by atoms with Crippen molar-refractivity contribution in [1.29, 1.82) is 0 Å². The summed E-state index contributed by atoms with van der Waals surface area (Å²) in [6.45, 7) is 9.82. The van der Waals surface area contributed by atoms with Gasteiger partial charge in [-0.25, -0.2) is 0 Å². The lowest BCUT2D eigenvalue weighted by Crippen LogP contribution is -2.44. The molecule has 0 fully saturated rings. The van der Waals surface area contributed by atoms with Crippen molar-refractivity contribution >= 4 is 11.6 Å². The maximum atomic E-state index is 12.7. The van der Waals surface area contributed by atoms with Crippen LogP contribution in [0.2, 0.25) is 0 Å². The lowest BCUT2D eigenvalue weighted by molar-refractivity contribution is -0.385. The van der Waals surface area contributed by atoms with Crippen LogP contribution in [0.25, 0.3) is 0 Å². The average Bonchev–Trinajstić information content (AvgIpc) is 2.46. The van der Waals surface area contributed by atoms with Crippen molar-refractivity contribution in [1.82, 2.24) is 4.90 Å². The summed E-state index contributed by atoms with van der Waals surface area (Å²) in [6, 6.07) is 4.85. The number of hydrogen-bond acceptors (Lipinski definition) is 3. The topological polar surface area (TPSA) is 63.5 Å². The van der Waals surface area contributed by atoms with Gasteiger partial charge in [-0.05, 0) is 45.7 Å². The molecular weight excluding hydrogens is 268 g/mol. The first-order chi connectivity index (χ1) is 9.83. The predicted molar refractivity (Wildman–Crippen MR) is 83.5 cm³/mol. The Labute approximate surface area is 126 Å². The lowest BCUT2D eigenvalue weighted by Gasteiger charge is -2.34.